The molecule has 0 radical (unpaired) electrons. The second-order valence-corrected chi connectivity index (χ2v) is 5.51. The van der Waals surface area contributed by atoms with Crippen molar-refractivity contribution < 1.29 is 13.9 Å². The lowest BCUT2D eigenvalue weighted by atomic mass is 10.3. The number of halogens is 2. The number of nitrogens with zero attached hydrogens (tertiary/aromatic N) is 4. The number of carbonyl (C=O) groups excluding carboxylic acids is 1. The number of hydrogen-bond donors (Lipinski definition) is 1. The summed E-state index contributed by atoms with van der Waals surface area (Å²) in [6.07, 6.45) is 1.78. The van der Waals surface area contributed by atoms with Crippen LogP contribution in [-0.2, 0) is 16.1 Å². The van der Waals surface area contributed by atoms with Crippen molar-refractivity contribution in [3.05, 3.63) is 11.5 Å². The molecule has 0 bridgehead atoms. The fourth-order valence-corrected chi connectivity index (χ4v) is 2.51. The van der Waals surface area contributed by atoms with Crippen molar-refractivity contribution in [2.75, 3.05) is 12.3 Å². The van der Waals surface area contributed by atoms with Gasteiger partial charge in [-0.2, -0.15) is 9.97 Å². The standard InChI is InChI=1S/C12H13ClFN5O2/c1-6(20)21-3-7-2-12(7,14)4-19-5-16-8-9(13)17-11(15)18-10(8)19/h5,7H,2-4H2,1H3,(H2,15,17,18)/t7-,12+/m1/s1. The van der Waals surface area contributed by atoms with E-state index in [1.807, 2.05) is 0 Å². The Morgan fingerprint density at radius 1 is 1.67 bits per heavy atom. The van der Waals surface area contributed by atoms with Crippen LogP contribution in [0.2, 0.25) is 5.15 Å². The molecular formula is C12H13ClFN5O2. The number of ether oxygens (including phenoxy) is 1. The van der Waals surface area contributed by atoms with Crippen molar-refractivity contribution in [1.82, 2.24) is 19.5 Å². The van der Waals surface area contributed by atoms with E-state index < -0.39 is 11.6 Å². The molecule has 7 nitrogen and oxygen atoms in total. The lowest BCUT2D eigenvalue weighted by molar-refractivity contribution is -0.141. The van der Waals surface area contributed by atoms with E-state index >= 15 is 0 Å². The Morgan fingerprint density at radius 2 is 2.43 bits per heavy atom. The first-order valence-electron chi connectivity index (χ1n) is 6.35. The third kappa shape index (κ3) is 2.63. The molecule has 0 saturated heterocycles. The summed E-state index contributed by atoms with van der Waals surface area (Å²) in [5.41, 5.74) is 4.88. The number of alkyl halides is 1. The monoisotopic (exact) mass is 313 g/mol. The first-order valence-corrected chi connectivity index (χ1v) is 6.73. The lowest BCUT2D eigenvalue weighted by Crippen LogP contribution is -2.18. The highest BCUT2D eigenvalue weighted by Gasteiger charge is 2.56. The molecule has 0 aliphatic heterocycles. The minimum atomic E-state index is -1.44. The minimum Gasteiger partial charge on any atom is -0.465 e. The van der Waals surface area contributed by atoms with E-state index in [2.05, 4.69) is 15.0 Å². The third-order valence-electron chi connectivity index (χ3n) is 3.52. The van der Waals surface area contributed by atoms with Crippen molar-refractivity contribution in [2.45, 2.75) is 25.6 Å². The van der Waals surface area contributed by atoms with E-state index in [4.69, 9.17) is 22.1 Å². The van der Waals surface area contributed by atoms with Gasteiger partial charge < -0.3 is 15.0 Å². The Morgan fingerprint density at radius 3 is 3.14 bits per heavy atom. The summed E-state index contributed by atoms with van der Waals surface area (Å²) in [5, 5.41) is 0.136. The largest absolute Gasteiger partial charge is 0.465 e. The predicted molar refractivity (Wildman–Crippen MR) is 73.3 cm³/mol. The molecule has 0 spiro atoms. The van der Waals surface area contributed by atoms with Crippen LogP contribution < -0.4 is 5.73 Å². The molecule has 2 N–H and O–H groups in total. The average Bonchev–Trinajstić information content (AvgIpc) is 2.85. The molecule has 9 heteroatoms. The summed E-state index contributed by atoms with van der Waals surface area (Å²) in [6.45, 7) is 1.44. The number of carbonyl (C=O) groups is 1. The lowest BCUT2D eigenvalue weighted by Gasteiger charge is -2.09. The van der Waals surface area contributed by atoms with Crippen LogP contribution in [0.1, 0.15) is 13.3 Å². The molecule has 1 aliphatic carbocycles. The van der Waals surface area contributed by atoms with Gasteiger partial charge in [0.05, 0.1) is 19.5 Å². The van der Waals surface area contributed by atoms with Gasteiger partial charge in [0.15, 0.2) is 10.8 Å². The second kappa shape index (κ2) is 4.80. The Hall–Kier alpha value is -1.96. The number of imidazole rings is 1. The van der Waals surface area contributed by atoms with Gasteiger partial charge in [-0.25, -0.2) is 9.37 Å². The summed E-state index contributed by atoms with van der Waals surface area (Å²) in [6, 6.07) is 0. The van der Waals surface area contributed by atoms with Crippen molar-refractivity contribution in [3.8, 4) is 0 Å². The first kappa shape index (κ1) is 14.0. The number of rotatable bonds is 4. The molecule has 112 valence electrons. The Bertz CT molecular complexity index is 721. The molecule has 1 aliphatic rings. The first-order chi connectivity index (χ1) is 9.89. The van der Waals surface area contributed by atoms with Gasteiger partial charge in [0, 0.05) is 12.8 Å². The van der Waals surface area contributed by atoms with Crippen LogP contribution in [0.4, 0.5) is 10.3 Å². The van der Waals surface area contributed by atoms with Gasteiger partial charge in [-0.15, -0.1) is 0 Å². The number of fused-ring (bicyclic) bond motifs is 1. The molecule has 0 unspecified atom stereocenters. The number of hydrogen-bond acceptors (Lipinski definition) is 6. The molecule has 2 heterocycles. The molecular weight excluding hydrogens is 301 g/mol. The maximum atomic E-state index is 14.6. The molecule has 2 aromatic heterocycles. The normalized spacial score (nSPS) is 24.2. The van der Waals surface area contributed by atoms with Crippen LogP contribution in [0.15, 0.2) is 6.33 Å². The van der Waals surface area contributed by atoms with Crippen molar-refractivity contribution in [2.24, 2.45) is 5.92 Å². The van der Waals surface area contributed by atoms with Gasteiger partial charge in [0.25, 0.3) is 0 Å². The number of nitrogens with two attached hydrogens (primary N) is 1. The van der Waals surface area contributed by atoms with Crippen LogP contribution in [0.3, 0.4) is 0 Å². The second-order valence-electron chi connectivity index (χ2n) is 5.16. The summed E-state index contributed by atoms with van der Waals surface area (Å²) >= 11 is 5.92. The Kier molecular flexibility index (Phi) is 3.20. The summed E-state index contributed by atoms with van der Waals surface area (Å²) in [4.78, 5) is 22.7. The van der Waals surface area contributed by atoms with E-state index in [1.165, 1.54) is 13.3 Å². The zero-order valence-corrected chi connectivity index (χ0v) is 12.0. The molecule has 3 rings (SSSR count). The quantitative estimate of drug-likeness (QED) is 0.676. The summed E-state index contributed by atoms with van der Waals surface area (Å²) in [5.74, 6) is -0.715. The number of anilines is 1. The third-order valence-corrected chi connectivity index (χ3v) is 3.78. The molecule has 0 amide bonds. The van der Waals surface area contributed by atoms with Gasteiger partial charge in [-0.05, 0) is 6.42 Å². The Balaban J connectivity index is 1.79. The number of aromatic nitrogens is 4. The summed E-state index contributed by atoms with van der Waals surface area (Å²) < 4.78 is 20.9. The fourth-order valence-electron chi connectivity index (χ4n) is 2.30. The molecule has 0 aromatic carbocycles. The highest BCUT2D eigenvalue weighted by molar-refractivity contribution is 6.33. The number of nitrogen functional groups attached to an aromatic ring is 1. The van der Waals surface area contributed by atoms with Gasteiger partial charge in [0.1, 0.15) is 11.2 Å². The molecule has 1 fully saturated rings. The van der Waals surface area contributed by atoms with Gasteiger partial charge >= 0.3 is 5.97 Å². The minimum absolute atomic E-state index is 0.00872. The SMILES string of the molecule is CC(=O)OC[C@H]1C[C@]1(F)Cn1cnc2c(Cl)nc(N)nc21. The molecule has 2 aromatic rings. The Labute approximate surface area is 124 Å². The van der Waals surface area contributed by atoms with Crippen LogP contribution in [0.25, 0.3) is 11.2 Å². The van der Waals surface area contributed by atoms with Crippen molar-refractivity contribution in [1.29, 1.82) is 0 Å². The van der Waals surface area contributed by atoms with E-state index in [0.29, 0.717) is 17.6 Å². The average molecular weight is 314 g/mol. The molecule has 2 atom stereocenters. The van der Waals surface area contributed by atoms with Crippen LogP contribution in [0.5, 0.6) is 0 Å². The van der Waals surface area contributed by atoms with Crippen molar-refractivity contribution in [3.63, 3.8) is 0 Å². The highest BCUT2D eigenvalue weighted by Crippen LogP contribution is 2.49. The van der Waals surface area contributed by atoms with E-state index in [0.717, 1.165) is 0 Å². The van der Waals surface area contributed by atoms with Gasteiger partial charge in [-0.1, -0.05) is 11.6 Å². The van der Waals surface area contributed by atoms with E-state index in [1.54, 1.807) is 4.57 Å². The topological polar surface area (TPSA) is 95.9 Å². The maximum Gasteiger partial charge on any atom is 0.302 e. The molecule has 1 saturated carbocycles. The highest BCUT2D eigenvalue weighted by atomic mass is 35.5. The van der Waals surface area contributed by atoms with Crippen LogP contribution >= 0.6 is 11.6 Å². The fraction of sp³-hybridized carbons (Fsp3) is 0.500. The predicted octanol–water partition coefficient (Wildman–Crippen LogP) is 1.35. The molecule has 21 heavy (non-hydrogen) atoms. The van der Waals surface area contributed by atoms with Gasteiger partial charge in [0.2, 0.25) is 5.95 Å². The van der Waals surface area contributed by atoms with Crippen LogP contribution in [-0.4, -0.2) is 37.8 Å². The van der Waals surface area contributed by atoms with E-state index in [9.17, 15) is 9.18 Å². The summed E-state index contributed by atoms with van der Waals surface area (Å²) in [7, 11) is 0. The van der Waals surface area contributed by atoms with Crippen molar-refractivity contribution >= 4 is 34.7 Å². The van der Waals surface area contributed by atoms with Crippen LogP contribution in [0, 0.1) is 5.92 Å². The smallest absolute Gasteiger partial charge is 0.302 e. The van der Waals surface area contributed by atoms with Gasteiger partial charge in [-0.3, -0.25) is 4.79 Å². The van der Waals surface area contributed by atoms with E-state index in [-0.39, 0.29) is 30.2 Å². The zero-order valence-electron chi connectivity index (χ0n) is 11.2. The number of esters is 1. The maximum absolute atomic E-state index is 14.6. The zero-order chi connectivity index (χ0) is 15.2.